The van der Waals surface area contributed by atoms with Gasteiger partial charge in [0.15, 0.2) is 0 Å². The summed E-state index contributed by atoms with van der Waals surface area (Å²) in [6.07, 6.45) is 2.60. The summed E-state index contributed by atoms with van der Waals surface area (Å²) in [6, 6.07) is 0. The van der Waals surface area contributed by atoms with Gasteiger partial charge < -0.3 is 10.6 Å². The van der Waals surface area contributed by atoms with E-state index in [0.717, 1.165) is 17.6 Å². The molecule has 1 aromatic rings. The van der Waals surface area contributed by atoms with Crippen molar-refractivity contribution in [1.29, 1.82) is 0 Å². The average Bonchev–Trinajstić information content (AvgIpc) is 2.24. The maximum Gasteiger partial charge on any atom is 0.209 e. The van der Waals surface area contributed by atoms with Gasteiger partial charge in [0.1, 0.15) is 18.0 Å². The van der Waals surface area contributed by atoms with Crippen LogP contribution in [0.3, 0.4) is 0 Å². The van der Waals surface area contributed by atoms with Crippen LogP contribution in [0.2, 0.25) is 0 Å². The summed E-state index contributed by atoms with van der Waals surface area (Å²) in [7, 11) is -1.46. The molecule has 0 aromatic carbocycles. The van der Waals surface area contributed by atoms with Gasteiger partial charge in [0.2, 0.25) is 10.0 Å². The molecule has 0 radical (unpaired) electrons. The minimum atomic E-state index is -3.24. The molecule has 0 aliphatic carbocycles. The van der Waals surface area contributed by atoms with Crippen molar-refractivity contribution in [3.8, 4) is 0 Å². The standard InChI is InChI=1S/C11H21N5O2S/c1-8-9(12-4)14-7-15-10(8)13-6-11(2,3)16-19(5,17)18/h7,16H,6H2,1-5H3,(H2,12,13,14,15). The van der Waals surface area contributed by atoms with E-state index < -0.39 is 15.6 Å². The van der Waals surface area contributed by atoms with E-state index in [0.29, 0.717) is 12.4 Å². The molecule has 0 spiro atoms. The Balaban J connectivity index is 2.77. The van der Waals surface area contributed by atoms with E-state index in [9.17, 15) is 8.42 Å². The lowest BCUT2D eigenvalue weighted by molar-refractivity contribution is 0.475. The minimum Gasteiger partial charge on any atom is -0.373 e. The summed E-state index contributed by atoms with van der Waals surface area (Å²) in [5, 5.41) is 6.10. The number of anilines is 2. The van der Waals surface area contributed by atoms with Gasteiger partial charge in [-0.05, 0) is 20.8 Å². The largest absolute Gasteiger partial charge is 0.373 e. The fourth-order valence-corrected chi connectivity index (χ4v) is 2.80. The lowest BCUT2D eigenvalue weighted by Gasteiger charge is -2.26. The van der Waals surface area contributed by atoms with E-state index in [-0.39, 0.29) is 0 Å². The van der Waals surface area contributed by atoms with E-state index in [2.05, 4.69) is 25.3 Å². The van der Waals surface area contributed by atoms with E-state index in [4.69, 9.17) is 0 Å². The second kappa shape index (κ2) is 5.70. The highest BCUT2D eigenvalue weighted by Crippen LogP contribution is 2.18. The first-order valence-corrected chi connectivity index (χ1v) is 7.76. The van der Waals surface area contributed by atoms with Gasteiger partial charge in [0, 0.05) is 24.7 Å². The van der Waals surface area contributed by atoms with Crippen molar-refractivity contribution in [3.63, 3.8) is 0 Å². The predicted molar refractivity (Wildman–Crippen MR) is 76.9 cm³/mol. The van der Waals surface area contributed by atoms with Crippen molar-refractivity contribution in [2.75, 3.05) is 30.5 Å². The smallest absolute Gasteiger partial charge is 0.209 e. The number of hydrogen-bond acceptors (Lipinski definition) is 6. The normalized spacial score (nSPS) is 12.3. The van der Waals surface area contributed by atoms with Crippen molar-refractivity contribution < 1.29 is 8.42 Å². The fraction of sp³-hybridized carbons (Fsp3) is 0.636. The Morgan fingerprint density at radius 1 is 1.26 bits per heavy atom. The van der Waals surface area contributed by atoms with Crippen molar-refractivity contribution in [1.82, 2.24) is 14.7 Å². The maximum atomic E-state index is 11.3. The zero-order chi connectivity index (χ0) is 14.7. The van der Waals surface area contributed by atoms with Gasteiger partial charge in [-0.15, -0.1) is 0 Å². The van der Waals surface area contributed by atoms with Crippen LogP contribution in [0.4, 0.5) is 11.6 Å². The molecule has 0 aliphatic rings. The molecule has 0 bridgehead atoms. The second-order valence-corrected chi connectivity index (χ2v) is 6.81. The molecule has 0 fully saturated rings. The molecule has 1 aromatic heterocycles. The number of hydrogen-bond donors (Lipinski definition) is 3. The molecule has 3 N–H and O–H groups in total. The summed E-state index contributed by atoms with van der Waals surface area (Å²) >= 11 is 0. The molecule has 1 heterocycles. The van der Waals surface area contributed by atoms with Gasteiger partial charge in [-0.25, -0.2) is 23.1 Å². The molecule has 7 nitrogen and oxygen atoms in total. The number of aromatic nitrogens is 2. The van der Waals surface area contributed by atoms with Crippen molar-refractivity contribution in [2.24, 2.45) is 0 Å². The molecule has 0 aliphatic heterocycles. The van der Waals surface area contributed by atoms with Crippen LogP contribution < -0.4 is 15.4 Å². The van der Waals surface area contributed by atoms with E-state index in [1.54, 1.807) is 20.9 Å². The molecule has 8 heteroatoms. The maximum absolute atomic E-state index is 11.3. The molecule has 0 atom stereocenters. The topological polar surface area (TPSA) is 96.0 Å². The van der Waals surface area contributed by atoms with Crippen LogP contribution in [0, 0.1) is 6.92 Å². The van der Waals surface area contributed by atoms with Gasteiger partial charge >= 0.3 is 0 Å². The van der Waals surface area contributed by atoms with Crippen LogP contribution in [0.5, 0.6) is 0 Å². The summed E-state index contributed by atoms with van der Waals surface area (Å²) in [5.41, 5.74) is 0.283. The molecule has 0 saturated heterocycles. The van der Waals surface area contributed by atoms with Gasteiger partial charge in [-0.3, -0.25) is 0 Å². The first kappa shape index (κ1) is 15.6. The summed E-state index contributed by atoms with van der Waals surface area (Å²) in [6.45, 7) is 5.92. The summed E-state index contributed by atoms with van der Waals surface area (Å²) in [4.78, 5) is 8.23. The zero-order valence-electron chi connectivity index (χ0n) is 11.9. The minimum absolute atomic E-state index is 0.418. The molecule has 1 rings (SSSR count). The van der Waals surface area contributed by atoms with Crippen molar-refractivity contribution in [3.05, 3.63) is 11.9 Å². The van der Waals surface area contributed by atoms with E-state index in [1.807, 2.05) is 6.92 Å². The third-order valence-corrected chi connectivity index (χ3v) is 3.40. The number of nitrogens with zero attached hydrogens (tertiary/aromatic N) is 2. The Hall–Kier alpha value is -1.41. The highest BCUT2D eigenvalue weighted by molar-refractivity contribution is 7.88. The van der Waals surface area contributed by atoms with Gasteiger partial charge in [-0.2, -0.15) is 0 Å². The van der Waals surface area contributed by atoms with Crippen molar-refractivity contribution in [2.45, 2.75) is 26.3 Å². The third kappa shape index (κ3) is 4.99. The first-order valence-electron chi connectivity index (χ1n) is 5.87. The molecule has 19 heavy (non-hydrogen) atoms. The highest BCUT2D eigenvalue weighted by atomic mass is 32.2. The number of sulfonamides is 1. The monoisotopic (exact) mass is 287 g/mol. The molecule has 0 amide bonds. The van der Waals surface area contributed by atoms with E-state index >= 15 is 0 Å². The predicted octanol–water partition coefficient (Wildman–Crippen LogP) is 0.566. The van der Waals surface area contributed by atoms with Crippen LogP contribution in [0.15, 0.2) is 6.33 Å². The van der Waals surface area contributed by atoms with Crippen LogP contribution in [-0.2, 0) is 10.0 Å². The first-order chi connectivity index (χ1) is 8.64. The molecular formula is C11H21N5O2S. The third-order valence-electron chi connectivity index (χ3n) is 2.48. The zero-order valence-corrected chi connectivity index (χ0v) is 12.7. The number of rotatable bonds is 6. The Labute approximate surface area is 114 Å². The number of nitrogens with one attached hydrogen (secondary N) is 3. The Kier molecular flexibility index (Phi) is 4.70. The van der Waals surface area contributed by atoms with Crippen LogP contribution >= 0.6 is 0 Å². The second-order valence-electron chi connectivity index (χ2n) is 5.06. The van der Waals surface area contributed by atoms with Crippen LogP contribution in [-0.4, -0.2) is 43.8 Å². The summed E-state index contributed by atoms with van der Waals surface area (Å²) < 4.78 is 25.1. The summed E-state index contributed by atoms with van der Waals surface area (Å²) in [5.74, 6) is 1.43. The lowest BCUT2D eigenvalue weighted by Crippen LogP contribution is -2.47. The molecule has 108 valence electrons. The van der Waals surface area contributed by atoms with Gasteiger partial charge in [-0.1, -0.05) is 0 Å². The van der Waals surface area contributed by atoms with Crippen LogP contribution in [0.1, 0.15) is 19.4 Å². The molecule has 0 unspecified atom stereocenters. The Bertz CT molecular complexity index is 542. The Morgan fingerprint density at radius 2 is 1.84 bits per heavy atom. The van der Waals surface area contributed by atoms with Crippen molar-refractivity contribution >= 4 is 21.7 Å². The van der Waals surface area contributed by atoms with Gasteiger partial charge in [0.05, 0.1) is 6.26 Å². The van der Waals surface area contributed by atoms with Crippen LogP contribution in [0.25, 0.3) is 0 Å². The molecule has 0 saturated carbocycles. The highest BCUT2D eigenvalue weighted by Gasteiger charge is 2.22. The SMILES string of the molecule is CNc1ncnc(NCC(C)(C)NS(C)(=O)=O)c1C. The fourth-order valence-electron chi connectivity index (χ4n) is 1.72. The van der Waals surface area contributed by atoms with Gasteiger partial charge in [0.25, 0.3) is 0 Å². The average molecular weight is 287 g/mol. The van der Waals surface area contributed by atoms with E-state index in [1.165, 1.54) is 6.33 Å². The quantitative estimate of drug-likeness (QED) is 0.708. The molecular weight excluding hydrogens is 266 g/mol. The Morgan fingerprint density at radius 3 is 2.37 bits per heavy atom. The lowest BCUT2D eigenvalue weighted by atomic mass is 10.1.